The lowest BCUT2D eigenvalue weighted by atomic mass is 10.3. The van der Waals surface area contributed by atoms with Crippen molar-refractivity contribution in [2.24, 2.45) is 0 Å². The summed E-state index contributed by atoms with van der Waals surface area (Å²) in [4.78, 5) is 25.9. The molecule has 2 heterocycles. The van der Waals surface area contributed by atoms with Gasteiger partial charge in [0, 0.05) is 43.5 Å². The highest BCUT2D eigenvalue weighted by molar-refractivity contribution is 8.00. The van der Waals surface area contributed by atoms with E-state index in [1.807, 2.05) is 35.2 Å². The zero-order chi connectivity index (χ0) is 15.2. The van der Waals surface area contributed by atoms with Gasteiger partial charge in [-0.3, -0.25) is 9.78 Å². The third-order valence-electron chi connectivity index (χ3n) is 3.61. The van der Waals surface area contributed by atoms with E-state index in [1.165, 1.54) is 0 Å². The summed E-state index contributed by atoms with van der Waals surface area (Å²) < 4.78 is 0. The van der Waals surface area contributed by atoms with Crippen LogP contribution in [0.3, 0.4) is 0 Å². The second-order valence-corrected chi connectivity index (χ2v) is 6.08. The molecule has 0 unspecified atom stereocenters. The van der Waals surface area contributed by atoms with Crippen LogP contribution < -0.4 is 4.90 Å². The molecule has 3 rings (SSSR count). The van der Waals surface area contributed by atoms with Gasteiger partial charge in [0.15, 0.2) is 0 Å². The third kappa shape index (κ3) is 3.76. The first-order chi connectivity index (χ1) is 10.8. The molecule has 0 atom stereocenters. The van der Waals surface area contributed by atoms with Gasteiger partial charge in [0.2, 0.25) is 5.91 Å². The molecule has 0 radical (unpaired) electrons. The Balaban J connectivity index is 1.48. The molecule has 1 aliphatic rings. The number of benzene rings is 1. The van der Waals surface area contributed by atoms with E-state index in [2.05, 4.69) is 14.9 Å². The molecule has 2 aromatic rings. The van der Waals surface area contributed by atoms with Gasteiger partial charge in [0.25, 0.3) is 0 Å². The molecule has 0 spiro atoms. The minimum absolute atomic E-state index is 0.202. The summed E-state index contributed by atoms with van der Waals surface area (Å²) in [5, 5.41) is 0. The number of hydrogen-bond donors (Lipinski definition) is 0. The molecule has 1 amide bonds. The van der Waals surface area contributed by atoms with E-state index in [0.717, 1.165) is 36.9 Å². The monoisotopic (exact) mass is 314 g/mol. The molecule has 0 saturated carbocycles. The number of carbonyl (C=O) groups excluding carboxylic acids is 1. The molecule has 1 fully saturated rings. The van der Waals surface area contributed by atoms with Gasteiger partial charge in [-0.15, -0.1) is 11.8 Å². The van der Waals surface area contributed by atoms with E-state index in [1.54, 1.807) is 30.4 Å². The van der Waals surface area contributed by atoms with Crippen LogP contribution in [0.2, 0.25) is 0 Å². The van der Waals surface area contributed by atoms with Gasteiger partial charge in [-0.1, -0.05) is 18.2 Å². The van der Waals surface area contributed by atoms with Crippen molar-refractivity contribution in [3.05, 3.63) is 48.9 Å². The van der Waals surface area contributed by atoms with Crippen molar-refractivity contribution in [1.82, 2.24) is 14.9 Å². The fourth-order valence-electron chi connectivity index (χ4n) is 2.39. The van der Waals surface area contributed by atoms with Crippen LogP contribution in [0.25, 0.3) is 0 Å². The summed E-state index contributed by atoms with van der Waals surface area (Å²) in [5.74, 6) is 1.58. The largest absolute Gasteiger partial charge is 0.352 e. The van der Waals surface area contributed by atoms with Crippen LogP contribution >= 0.6 is 11.8 Å². The smallest absolute Gasteiger partial charge is 0.233 e. The molecule has 22 heavy (non-hydrogen) atoms. The highest BCUT2D eigenvalue weighted by Crippen LogP contribution is 2.18. The zero-order valence-corrected chi connectivity index (χ0v) is 13.1. The number of piperazine rings is 1. The molecular formula is C16H18N4OS. The first-order valence-corrected chi connectivity index (χ1v) is 8.28. The van der Waals surface area contributed by atoms with Crippen LogP contribution in [0.4, 0.5) is 5.82 Å². The van der Waals surface area contributed by atoms with E-state index in [0.29, 0.717) is 5.75 Å². The number of carbonyl (C=O) groups is 1. The van der Waals surface area contributed by atoms with Crippen molar-refractivity contribution in [3.63, 3.8) is 0 Å². The highest BCUT2D eigenvalue weighted by atomic mass is 32.2. The number of hydrogen-bond acceptors (Lipinski definition) is 5. The number of amides is 1. The first-order valence-electron chi connectivity index (χ1n) is 7.29. The lowest BCUT2D eigenvalue weighted by molar-refractivity contribution is -0.128. The predicted molar refractivity (Wildman–Crippen MR) is 88.0 cm³/mol. The van der Waals surface area contributed by atoms with E-state index < -0.39 is 0 Å². The Kier molecular flexibility index (Phi) is 4.90. The Morgan fingerprint density at radius 2 is 1.86 bits per heavy atom. The Labute approximate surface area is 134 Å². The van der Waals surface area contributed by atoms with Crippen LogP contribution in [0, 0.1) is 0 Å². The maximum Gasteiger partial charge on any atom is 0.233 e. The quantitative estimate of drug-likeness (QED) is 0.807. The number of anilines is 1. The molecule has 0 aliphatic carbocycles. The van der Waals surface area contributed by atoms with Crippen molar-refractivity contribution in [2.75, 3.05) is 36.8 Å². The molecule has 114 valence electrons. The van der Waals surface area contributed by atoms with Crippen LogP contribution in [0.15, 0.2) is 53.8 Å². The maximum atomic E-state index is 12.3. The molecule has 5 nitrogen and oxygen atoms in total. The second-order valence-electron chi connectivity index (χ2n) is 5.03. The van der Waals surface area contributed by atoms with Gasteiger partial charge in [-0.2, -0.15) is 0 Å². The molecule has 1 aromatic heterocycles. The van der Waals surface area contributed by atoms with Crippen LogP contribution in [-0.2, 0) is 4.79 Å². The normalized spacial score (nSPS) is 14.9. The molecular weight excluding hydrogens is 296 g/mol. The predicted octanol–water partition coefficient (Wildman–Crippen LogP) is 1.92. The Morgan fingerprint density at radius 1 is 1.09 bits per heavy atom. The summed E-state index contributed by atoms with van der Waals surface area (Å²) >= 11 is 1.59. The Hall–Kier alpha value is -2.08. The molecule has 0 bridgehead atoms. The van der Waals surface area contributed by atoms with E-state index in [-0.39, 0.29) is 5.91 Å². The third-order valence-corrected chi connectivity index (χ3v) is 4.61. The van der Waals surface area contributed by atoms with E-state index in [4.69, 9.17) is 0 Å². The standard InChI is InChI=1S/C16H18N4OS/c21-16(13-22-14-4-2-1-3-5-14)20-10-8-19(9-11-20)15-12-17-6-7-18-15/h1-7,12H,8-11,13H2. The average molecular weight is 314 g/mol. The van der Waals surface area contributed by atoms with Crippen molar-refractivity contribution in [2.45, 2.75) is 4.90 Å². The lowest BCUT2D eigenvalue weighted by Gasteiger charge is -2.35. The fraction of sp³-hybridized carbons (Fsp3) is 0.312. The minimum atomic E-state index is 0.202. The zero-order valence-electron chi connectivity index (χ0n) is 12.3. The van der Waals surface area contributed by atoms with Crippen molar-refractivity contribution in [3.8, 4) is 0 Å². The van der Waals surface area contributed by atoms with Crippen LogP contribution in [-0.4, -0.2) is 52.7 Å². The van der Waals surface area contributed by atoms with Gasteiger partial charge >= 0.3 is 0 Å². The number of rotatable bonds is 4. The van der Waals surface area contributed by atoms with Crippen molar-refractivity contribution < 1.29 is 4.79 Å². The molecule has 1 aliphatic heterocycles. The number of nitrogens with zero attached hydrogens (tertiary/aromatic N) is 4. The number of aromatic nitrogens is 2. The summed E-state index contributed by atoms with van der Waals surface area (Å²) in [6, 6.07) is 10.0. The van der Waals surface area contributed by atoms with Gasteiger partial charge < -0.3 is 9.80 Å². The van der Waals surface area contributed by atoms with E-state index >= 15 is 0 Å². The van der Waals surface area contributed by atoms with Gasteiger partial charge in [0.05, 0.1) is 11.9 Å². The lowest BCUT2D eigenvalue weighted by Crippen LogP contribution is -2.49. The summed E-state index contributed by atoms with van der Waals surface area (Å²) in [6.07, 6.45) is 5.14. The molecule has 1 saturated heterocycles. The average Bonchev–Trinajstić information content (AvgIpc) is 2.61. The highest BCUT2D eigenvalue weighted by Gasteiger charge is 2.21. The maximum absolute atomic E-state index is 12.3. The Morgan fingerprint density at radius 3 is 2.55 bits per heavy atom. The van der Waals surface area contributed by atoms with Crippen molar-refractivity contribution >= 4 is 23.5 Å². The topological polar surface area (TPSA) is 49.3 Å². The fourth-order valence-corrected chi connectivity index (χ4v) is 3.21. The van der Waals surface area contributed by atoms with Crippen molar-refractivity contribution in [1.29, 1.82) is 0 Å². The Bertz CT molecular complexity index is 600. The minimum Gasteiger partial charge on any atom is -0.352 e. The summed E-state index contributed by atoms with van der Waals surface area (Å²) in [5.41, 5.74) is 0. The summed E-state index contributed by atoms with van der Waals surface area (Å²) in [7, 11) is 0. The van der Waals surface area contributed by atoms with Crippen LogP contribution in [0.1, 0.15) is 0 Å². The SMILES string of the molecule is O=C(CSc1ccccc1)N1CCN(c2cnccn2)CC1. The first kappa shape index (κ1) is 14.8. The molecule has 6 heteroatoms. The van der Waals surface area contributed by atoms with Gasteiger partial charge in [0.1, 0.15) is 5.82 Å². The molecule has 0 N–H and O–H groups in total. The second kappa shape index (κ2) is 7.26. The summed E-state index contributed by atoms with van der Waals surface area (Å²) in [6.45, 7) is 3.09. The van der Waals surface area contributed by atoms with Crippen LogP contribution in [0.5, 0.6) is 0 Å². The van der Waals surface area contributed by atoms with Gasteiger partial charge in [-0.25, -0.2) is 4.98 Å². The van der Waals surface area contributed by atoms with E-state index in [9.17, 15) is 4.79 Å². The number of thioether (sulfide) groups is 1. The molecule has 1 aromatic carbocycles. The van der Waals surface area contributed by atoms with Gasteiger partial charge in [-0.05, 0) is 12.1 Å².